The number of pyridine rings is 1. The lowest BCUT2D eigenvalue weighted by Gasteiger charge is -2.31. The molecule has 0 saturated carbocycles. The second-order valence-electron chi connectivity index (χ2n) is 9.76. The van der Waals surface area contributed by atoms with Crippen LogP contribution in [0.2, 0.25) is 10.0 Å². The monoisotopic (exact) mass is 595 g/mol. The molecule has 0 bridgehead atoms. The van der Waals surface area contributed by atoms with Crippen LogP contribution in [-0.4, -0.2) is 55.6 Å². The number of hydrogen-bond acceptors (Lipinski definition) is 6. The van der Waals surface area contributed by atoms with Gasteiger partial charge in [-0.1, -0.05) is 35.3 Å². The molecule has 8 nitrogen and oxygen atoms in total. The lowest BCUT2D eigenvalue weighted by atomic mass is 9.94. The van der Waals surface area contributed by atoms with E-state index in [1.54, 1.807) is 32.9 Å². The van der Waals surface area contributed by atoms with E-state index < -0.39 is 63.0 Å². The Balaban J connectivity index is 1.79. The number of benzene rings is 1. The van der Waals surface area contributed by atoms with Crippen LogP contribution in [0, 0.1) is 0 Å². The first-order chi connectivity index (χ1) is 17.4. The van der Waals surface area contributed by atoms with Gasteiger partial charge in [-0.25, -0.2) is 9.00 Å². The third kappa shape index (κ3) is 7.16. The second kappa shape index (κ2) is 11.0. The van der Waals surface area contributed by atoms with E-state index in [1.165, 1.54) is 12.1 Å². The SMILES string of the molecule is CC(C)(C)OC(=O)N[C@H]1CC[S@@](=O)(CC[C@@](O)(c2ccc(-c3ccc(Cl)cc3Cl)cn2)C(F)(F)F)=NC1=O. The van der Waals surface area contributed by atoms with Crippen molar-refractivity contribution >= 4 is 44.9 Å². The zero-order chi connectivity index (χ0) is 28.5. The van der Waals surface area contributed by atoms with E-state index in [1.807, 2.05) is 0 Å². The number of aliphatic hydroxyl groups is 1. The molecule has 0 aliphatic carbocycles. The fraction of sp³-hybridized carbons (Fsp3) is 0.458. The van der Waals surface area contributed by atoms with Crippen LogP contribution in [-0.2, 0) is 24.9 Å². The zero-order valence-electron chi connectivity index (χ0n) is 20.6. The summed E-state index contributed by atoms with van der Waals surface area (Å²) in [5, 5.41) is 13.7. The van der Waals surface area contributed by atoms with Crippen molar-refractivity contribution in [1.29, 1.82) is 0 Å². The van der Waals surface area contributed by atoms with E-state index in [9.17, 15) is 32.1 Å². The number of amides is 2. The van der Waals surface area contributed by atoms with Crippen LogP contribution in [0.4, 0.5) is 18.0 Å². The van der Waals surface area contributed by atoms with Crippen molar-refractivity contribution in [2.75, 3.05) is 11.5 Å². The Bertz CT molecular complexity index is 1340. The van der Waals surface area contributed by atoms with E-state index in [-0.39, 0.29) is 17.2 Å². The minimum Gasteiger partial charge on any atom is -0.444 e. The summed E-state index contributed by atoms with van der Waals surface area (Å²) in [5.74, 6) is -1.92. The van der Waals surface area contributed by atoms with Crippen molar-refractivity contribution in [3.05, 3.63) is 52.3 Å². The summed E-state index contributed by atoms with van der Waals surface area (Å²) in [6.45, 7) is 4.89. The number of halogens is 5. The van der Waals surface area contributed by atoms with Crippen molar-refractivity contribution in [2.45, 2.75) is 57.0 Å². The van der Waals surface area contributed by atoms with Crippen LogP contribution in [0.15, 0.2) is 40.9 Å². The molecule has 3 atom stereocenters. The largest absolute Gasteiger partial charge is 0.444 e. The second-order valence-corrected chi connectivity index (χ2v) is 13.1. The molecule has 2 heterocycles. The summed E-state index contributed by atoms with van der Waals surface area (Å²) in [7, 11) is -3.44. The molecule has 1 aromatic heterocycles. The van der Waals surface area contributed by atoms with E-state index in [2.05, 4.69) is 14.7 Å². The lowest BCUT2D eigenvalue weighted by Crippen LogP contribution is -2.47. The number of ether oxygens (including phenoxy) is 1. The number of alkyl halides is 3. The number of aromatic nitrogens is 1. The van der Waals surface area contributed by atoms with Gasteiger partial charge in [-0.15, -0.1) is 0 Å². The predicted molar refractivity (Wildman–Crippen MR) is 137 cm³/mol. The van der Waals surface area contributed by atoms with Gasteiger partial charge in [-0.3, -0.25) is 9.78 Å². The highest BCUT2D eigenvalue weighted by Crippen LogP contribution is 2.42. The fourth-order valence-corrected chi connectivity index (χ4v) is 6.25. The van der Waals surface area contributed by atoms with Gasteiger partial charge in [-0.2, -0.15) is 17.5 Å². The van der Waals surface area contributed by atoms with Gasteiger partial charge < -0.3 is 15.2 Å². The average molecular weight is 596 g/mol. The topological polar surface area (TPSA) is 118 Å². The van der Waals surface area contributed by atoms with E-state index in [0.29, 0.717) is 16.1 Å². The summed E-state index contributed by atoms with van der Waals surface area (Å²) in [6, 6.07) is 5.81. The number of rotatable bonds is 6. The normalized spacial score (nSPS) is 21.8. The maximum atomic E-state index is 14.0. The molecule has 1 aliphatic rings. The predicted octanol–water partition coefficient (Wildman–Crippen LogP) is 5.49. The van der Waals surface area contributed by atoms with Gasteiger partial charge in [0, 0.05) is 45.3 Å². The smallest absolute Gasteiger partial charge is 0.423 e. The quantitative estimate of drug-likeness (QED) is 0.456. The van der Waals surface area contributed by atoms with Gasteiger partial charge in [-0.05, 0) is 45.4 Å². The summed E-state index contributed by atoms with van der Waals surface area (Å²) in [6.07, 6.45) is -6.08. The van der Waals surface area contributed by atoms with Gasteiger partial charge >= 0.3 is 12.3 Å². The molecule has 0 spiro atoms. The van der Waals surface area contributed by atoms with Gasteiger partial charge in [0.2, 0.25) is 5.60 Å². The number of carbonyl (C=O) groups is 2. The molecule has 0 radical (unpaired) electrons. The molecule has 3 rings (SSSR count). The van der Waals surface area contributed by atoms with E-state index in [0.717, 1.165) is 12.3 Å². The van der Waals surface area contributed by atoms with Gasteiger partial charge in [0.15, 0.2) is 0 Å². The Hall–Kier alpha value is -2.41. The Morgan fingerprint density at radius 1 is 1.21 bits per heavy atom. The molecule has 0 saturated heterocycles. The Kier molecular flexibility index (Phi) is 8.72. The maximum absolute atomic E-state index is 14.0. The molecule has 2 aromatic rings. The van der Waals surface area contributed by atoms with Crippen LogP contribution < -0.4 is 5.32 Å². The molecule has 14 heteroatoms. The van der Waals surface area contributed by atoms with Gasteiger partial charge in [0.05, 0.1) is 15.4 Å². The molecular weight excluding hydrogens is 570 g/mol. The number of hydrogen-bond donors (Lipinski definition) is 2. The summed E-state index contributed by atoms with van der Waals surface area (Å²) in [5.41, 5.74) is -4.12. The van der Waals surface area contributed by atoms with Crippen molar-refractivity contribution in [2.24, 2.45) is 4.36 Å². The highest BCUT2D eigenvalue weighted by atomic mass is 35.5. The van der Waals surface area contributed by atoms with Crippen molar-refractivity contribution < 1.29 is 36.8 Å². The number of carbonyl (C=O) groups excluding carboxylic acids is 2. The Morgan fingerprint density at radius 2 is 1.89 bits per heavy atom. The van der Waals surface area contributed by atoms with Crippen LogP contribution in [0.1, 0.15) is 39.3 Å². The van der Waals surface area contributed by atoms with Crippen molar-refractivity contribution in [1.82, 2.24) is 10.3 Å². The highest BCUT2D eigenvalue weighted by molar-refractivity contribution is 7.93. The highest BCUT2D eigenvalue weighted by Gasteiger charge is 2.56. The molecule has 0 fully saturated rings. The molecule has 2 N–H and O–H groups in total. The Morgan fingerprint density at radius 3 is 2.42 bits per heavy atom. The average Bonchev–Trinajstić information content (AvgIpc) is 2.78. The first kappa shape index (κ1) is 30.1. The molecule has 208 valence electrons. The van der Waals surface area contributed by atoms with E-state index in [4.69, 9.17) is 27.9 Å². The zero-order valence-corrected chi connectivity index (χ0v) is 23.0. The Labute approximate surface area is 228 Å². The van der Waals surface area contributed by atoms with E-state index >= 15 is 0 Å². The van der Waals surface area contributed by atoms with Crippen LogP contribution in [0.3, 0.4) is 0 Å². The third-order valence-electron chi connectivity index (χ3n) is 5.65. The minimum atomic E-state index is -5.17. The summed E-state index contributed by atoms with van der Waals surface area (Å²) < 4.78 is 63.9. The molecule has 1 aromatic carbocycles. The molecule has 1 aliphatic heterocycles. The minimum absolute atomic E-state index is 0.111. The molecule has 38 heavy (non-hydrogen) atoms. The molecule has 2 amide bonds. The maximum Gasteiger partial charge on any atom is 0.423 e. The van der Waals surface area contributed by atoms with Crippen molar-refractivity contribution in [3.8, 4) is 11.1 Å². The fourth-order valence-electron chi connectivity index (χ4n) is 3.67. The molecular formula is C24H26Cl2F3N3O5S. The van der Waals surface area contributed by atoms with Gasteiger partial charge in [0.1, 0.15) is 11.6 Å². The summed E-state index contributed by atoms with van der Waals surface area (Å²) in [4.78, 5) is 28.1. The first-order valence-corrected chi connectivity index (χ1v) is 14.0. The number of nitrogens with one attached hydrogen (secondary N) is 1. The molecule has 0 unspecified atom stereocenters. The van der Waals surface area contributed by atoms with Crippen LogP contribution in [0.5, 0.6) is 0 Å². The first-order valence-electron chi connectivity index (χ1n) is 11.4. The third-order valence-corrected chi connectivity index (χ3v) is 8.43. The van der Waals surface area contributed by atoms with Crippen LogP contribution >= 0.6 is 23.2 Å². The van der Waals surface area contributed by atoms with Gasteiger partial charge in [0.25, 0.3) is 5.91 Å². The summed E-state index contributed by atoms with van der Waals surface area (Å²) >= 11 is 12.0. The lowest BCUT2D eigenvalue weighted by molar-refractivity contribution is -0.268. The number of alkyl carbamates (subject to hydrolysis) is 1. The van der Waals surface area contributed by atoms with Crippen molar-refractivity contribution in [3.63, 3.8) is 0 Å². The van der Waals surface area contributed by atoms with Crippen LogP contribution in [0.25, 0.3) is 11.1 Å². The standard InChI is InChI=1S/C24H26Cl2F3N3O5S/c1-22(2,3)37-21(34)31-18-8-10-38(36,32-20(18)33)11-9-23(35,24(27,28)29)19-7-4-14(13-30-19)16-6-5-15(25)12-17(16)26/h4-7,12-13,18,35H,8-11H2,1-3H3,(H,31,34)/t18-,23+,38+/m0/s1. The number of nitrogens with zero attached hydrogens (tertiary/aromatic N) is 2.